The van der Waals surface area contributed by atoms with Gasteiger partial charge in [0.05, 0.1) is 12.3 Å². The molecule has 162 valence electrons. The second-order valence-corrected chi connectivity index (χ2v) is 7.08. The van der Waals surface area contributed by atoms with E-state index >= 15 is 0 Å². The molecule has 4 rings (SSSR count). The lowest BCUT2D eigenvalue weighted by molar-refractivity contribution is -0.122. The maximum atomic E-state index is 13.2. The standard InChI is InChI=1S/C23H20N4O5/c1-2-32-16-7-5-6-15(11-16)27-22(30)18(21(29)25-23(27)31)10-14-12-26(13-20(24)28)19-9-4-3-8-17(14)19/h3-12H,2,13H2,1H3,(H2,24,28)(H,25,29,31). The van der Waals surface area contributed by atoms with E-state index in [0.717, 1.165) is 15.8 Å². The number of ether oxygens (including phenoxy) is 1. The van der Waals surface area contributed by atoms with Gasteiger partial charge >= 0.3 is 6.03 Å². The summed E-state index contributed by atoms with van der Waals surface area (Å²) in [5, 5.41) is 2.93. The summed E-state index contributed by atoms with van der Waals surface area (Å²) in [6.45, 7) is 2.18. The van der Waals surface area contributed by atoms with E-state index in [0.29, 0.717) is 17.9 Å². The largest absolute Gasteiger partial charge is 0.494 e. The van der Waals surface area contributed by atoms with Crippen molar-refractivity contribution >= 4 is 46.4 Å². The number of anilines is 1. The first kappa shape index (κ1) is 20.9. The van der Waals surface area contributed by atoms with Crippen LogP contribution in [0.2, 0.25) is 0 Å². The first-order chi connectivity index (χ1) is 15.4. The summed E-state index contributed by atoms with van der Waals surface area (Å²) < 4.78 is 7.08. The summed E-state index contributed by atoms with van der Waals surface area (Å²) in [5.74, 6) is -1.60. The van der Waals surface area contributed by atoms with E-state index in [1.54, 1.807) is 59.3 Å². The Morgan fingerprint density at radius 1 is 1.12 bits per heavy atom. The van der Waals surface area contributed by atoms with Crippen LogP contribution in [0.3, 0.4) is 0 Å². The number of fused-ring (bicyclic) bond motifs is 1. The molecule has 0 saturated carbocycles. The van der Waals surface area contributed by atoms with Gasteiger partial charge in [-0.15, -0.1) is 0 Å². The number of carbonyl (C=O) groups is 4. The second-order valence-electron chi connectivity index (χ2n) is 7.08. The van der Waals surface area contributed by atoms with Crippen LogP contribution in [0.1, 0.15) is 12.5 Å². The Morgan fingerprint density at radius 3 is 2.66 bits per heavy atom. The third-order valence-electron chi connectivity index (χ3n) is 4.93. The molecule has 1 saturated heterocycles. The van der Waals surface area contributed by atoms with E-state index in [-0.39, 0.29) is 17.8 Å². The minimum Gasteiger partial charge on any atom is -0.494 e. The van der Waals surface area contributed by atoms with Gasteiger partial charge in [0.15, 0.2) is 0 Å². The van der Waals surface area contributed by atoms with Gasteiger partial charge in [-0.1, -0.05) is 24.3 Å². The number of primary amides is 1. The molecule has 2 heterocycles. The molecule has 3 aromatic rings. The molecule has 1 aliphatic rings. The van der Waals surface area contributed by atoms with E-state index in [2.05, 4.69) is 5.32 Å². The van der Waals surface area contributed by atoms with Crippen molar-refractivity contribution in [2.45, 2.75) is 13.5 Å². The molecule has 0 aliphatic carbocycles. The molecule has 0 bridgehead atoms. The number of aromatic nitrogens is 1. The van der Waals surface area contributed by atoms with Crippen molar-refractivity contribution in [3.8, 4) is 5.75 Å². The Kier molecular flexibility index (Phi) is 5.46. The molecule has 2 aromatic carbocycles. The van der Waals surface area contributed by atoms with Gasteiger partial charge in [0, 0.05) is 28.7 Å². The fourth-order valence-corrected chi connectivity index (χ4v) is 3.62. The van der Waals surface area contributed by atoms with Crippen LogP contribution in [0, 0.1) is 0 Å². The van der Waals surface area contributed by atoms with Crippen molar-refractivity contribution in [2.24, 2.45) is 5.73 Å². The summed E-state index contributed by atoms with van der Waals surface area (Å²) in [5.41, 5.74) is 6.65. The minimum absolute atomic E-state index is 0.0569. The number of nitrogens with two attached hydrogens (primary N) is 1. The summed E-state index contributed by atoms with van der Waals surface area (Å²) in [6, 6.07) is 12.9. The zero-order valence-electron chi connectivity index (χ0n) is 17.2. The normalized spacial score (nSPS) is 15.3. The molecule has 1 aromatic heterocycles. The van der Waals surface area contributed by atoms with E-state index in [9.17, 15) is 19.2 Å². The number of hydrogen-bond acceptors (Lipinski definition) is 5. The monoisotopic (exact) mass is 432 g/mol. The second kappa shape index (κ2) is 8.38. The fourth-order valence-electron chi connectivity index (χ4n) is 3.62. The Balaban J connectivity index is 1.77. The molecule has 9 heteroatoms. The SMILES string of the molecule is CCOc1cccc(N2C(=O)NC(=O)C(=Cc3cn(CC(N)=O)c4ccccc34)C2=O)c1. The molecule has 1 aliphatic heterocycles. The third-order valence-corrected chi connectivity index (χ3v) is 4.93. The number of para-hydroxylation sites is 1. The Hall–Kier alpha value is -4.40. The number of benzene rings is 2. The van der Waals surface area contributed by atoms with Crippen LogP contribution in [0.4, 0.5) is 10.5 Å². The lowest BCUT2D eigenvalue weighted by atomic mass is 10.1. The minimum atomic E-state index is -0.845. The zero-order valence-corrected chi connectivity index (χ0v) is 17.2. The molecule has 0 unspecified atom stereocenters. The fraction of sp³-hybridized carbons (Fsp3) is 0.130. The lowest BCUT2D eigenvalue weighted by Crippen LogP contribution is -2.54. The van der Waals surface area contributed by atoms with Crippen molar-refractivity contribution in [2.75, 3.05) is 11.5 Å². The molecule has 5 amide bonds. The van der Waals surface area contributed by atoms with Gasteiger partial charge in [-0.25, -0.2) is 9.69 Å². The molecule has 3 N–H and O–H groups in total. The predicted molar refractivity (Wildman–Crippen MR) is 118 cm³/mol. The average Bonchev–Trinajstić information content (AvgIpc) is 3.08. The number of imide groups is 2. The van der Waals surface area contributed by atoms with Crippen LogP contribution in [-0.4, -0.2) is 34.9 Å². The highest BCUT2D eigenvalue weighted by atomic mass is 16.5. The maximum Gasteiger partial charge on any atom is 0.335 e. The Morgan fingerprint density at radius 2 is 1.91 bits per heavy atom. The van der Waals surface area contributed by atoms with Crippen LogP contribution in [-0.2, 0) is 20.9 Å². The number of carbonyl (C=O) groups excluding carboxylic acids is 4. The van der Waals surface area contributed by atoms with E-state index < -0.39 is 23.8 Å². The number of nitrogens with one attached hydrogen (secondary N) is 1. The highest BCUT2D eigenvalue weighted by molar-refractivity contribution is 6.39. The van der Waals surface area contributed by atoms with Crippen molar-refractivity contribution < 1.29 is 23.9 Å². The van der Waals surface area contributed by atoms with Crippen LogP contribution >= 0.6 is 0 Å². The topological polar surface area (TPSA) is 124 Å². The average molecular weight is 432 g/mol. The first-order valence-corrected chi connectivity index (χ1v) is 9.89. The number of rotatable bonds is 6. The lowest BCUT2D eigenvalue weighted by Gasteiger charge is -2.26. The summed E-state index contributed by atoms with van der Waals surface area (Å²) in [7, 11) is 0. The van der Waals surface area contributed by atoms with Gasteiger partial charge in [0.2, 0.25) is 5.91 Å². The van der Waals surface area contributed by atoms with Crippen molar-refractivity contribution in [3.63, 3.8) is 0 Å². The highest BCUT2D eigenvalue weighted by Gasteiger charge is 2.37. The summed E-state index contributed by atoms with van der Waals surface area (Å²) >= 11 is 0. The van der Waals surface area contributed by atoms with Crippen LogP contribution < -0.4 is 20.7 Å². The number of barbiturate groups is 1. The smallest absolute Gasteiger partial charge is 0.335 e. The summed E-state index contributed by atoms with van der Waals surface area (Å²) in [4.78, 5) is 50.5. The Labute approximate surface area is 183 Å². The molecule has 1 fully saturated rings. The highest BCUT2D eigenvalue weighted by Crippen LogP contribution is 2.28. The quantitative estimate of drug-likeness (QED) is 0.456. The van der Waals surface area contributed by atoms with Crippen LogP contribution in [0.15, 0.2) is 60.3 Å². The van der Waals surface area contributed by atoms with Crippen LogP contribution in [0.25, 0.3) is 17.0 Å². The van der Waals surface area contributed by atoms with E-state index in [1.807, 2.05) is 6.92 Å². The van der Waals surface area contributed by atoms with E-state index in [1.165, 1.54) is 6.08 Å². The molecule has 0 atom stereocenters. The van der Waals surface area contributed by atoms with Gasteiger partial charge in [0.1, 0.15) is 17.9 Å². The van der Waals surface area contributed by atoms with Crippen molar-refractivity contribution in [3.05, 3.63) is 65.9 Å². The van der Waals surface area contributed by atoms with Gasteiger partial charge in [-0.2, -0.15) is 0 Å². The number of nitrogens with zero attached hydrogens (tertiary/aromatic N) is 2. The summed E-state index contributed by atoms with van der Waals surface area (Å²) in [6.07, 6.45) is 3.04. The van der Waals surface area contributed by atoms with E-state index in [4.69, 9.17) is 10.5 Å². The van der Waals surface area contributed by atoms with Gasteiger partial charge in [-0.05, 0) is 31.2 Å². The number of hydrogen-bond donors (Lipinski definition) is 2. The molecule has 0 radical (unpaired) electrons. The number of urea groups is 1. The molecular weight excluding hydrogens is 412 g/mol. The predicted octanol–water partition coefficient (Wildman–Crippen LogP) is 2.19. The van der Waals surface area contributed by atoms with Crippen LogP contribution in [0.5, 0.6) is 5.75 Å². The Bertz CT molecular complexity index is 1290. The zero-order chi connectivity index (χ0) is 22.8. The van der Waals surface area contributed by atoms with Gasteiger partial charge in [0.25, 0.3) is 11.8 Å². The molecular formula is C23H20N4O5. The van der Waals surface area contributed by atoms with Crippen molar-refractivity contribution in [1.82, 2.24) is 9.88 Å². The third kappa shape index (κ3) is 3.83. The molecule has 9 nitrogen and oxygen atoms in total. The molecule has 0 spiro atoms. The van der Waals surface area contributed by atoms with Gasteiger partial charge in [-0.3, -0.25) is 19.7 Å². The van der Waals surface area contributed by atoms with Gasteiger partial charge < -0.3 is 15.0 Å². The maximum absolute atomic E-state index is 13.2. The first-order valence-electron chi connectivity index (χ1n) is 9.89. The molecule has 32 heavy (non-hydrogen) atoms. The number of amides is 5. The van der Waals surface area contributed by atoms with Crippen molar-refractivity contribution in [1.29, 1.82) is 0 Å².